The summed E-state index contributed by atoms with van der Waals surface area (Å²) < 4.78 is 5.56. The molecule has 0 saturated carbocycles. The maximum Gasteiger partial charge on any atom is 0.341 e. The monoisotopic (exact) mass is 516 g/mol. The average molecular weight is 517 g/mol. The summed E-state index contributed by atoms with van der Waals surface area (Å²) >= 11 is 1.08. The van der Waals surface area contributed by atoms with Crippen molar-refractivity contribution < 1.29 is 19.1 Å². The molecule has 0 aliphatic carbocycles. The van der Waals surface area contributed by atoms with Crippen molar-refractivity contribution in [2.45, 2.75) is 85.2 Å². The minimum Gasteiger partial charge on any atom is -0.456 e. The van der Waals surface area contributed by atoms with Crippen LogP contribution in [0.3, 0.4) is 0 Å². The van der Waals surface area contributed by atoms with Gasteiger partial charge in [-0.3, -0.25) is 15.1 Å². The Morgan fingerprint density at radius 2 is 1.75 bits per heavy atom. The van der Waals surface area contributed by atoms with Crippen molar-refractivity contribution in [2.75, 3.05) is 18.4 Å². The van der Waals surface area contributed by atoms with Crippen LogP contribution in [0.2, 0.25) is 0 Å². The quantitative estimate of drug-likeness (QED) is 0.228. The molecule has 0 radical (unpaired) electrons. The summed E-state index contributed by atoms with van der Waals surface area (Å²) in [5, 5.41) is 8.81. The van der Waals surface area contributed by atoms with Gasteiger partial charge in [0.1, 0.15) is 10.6 Å². The molecule has 2 aromatic heterocycles. The number of carbonyl (C=O) groups is 3. The summed E-state index contributed by atoms with van der Waals surface area (Å²) in [5.74, 6) is -0.872. The normalized spacial score (nSPS) is 11.1. The predicted octanol–water partition coefficient (Wildman–Crippen LogP) is 5.86. The molecule has 0 fully saturated rings. The Morgan fingerprint density at radius 3 is 2.42 bits per heavy atom. The number of urea groups is 1. The molecule has 3 N–H and O–H groups in total. The van der Waals surface area contributed by atoms with E-state index in [1.54, 1.807) is 40.1 Å². The first kappa shape index (κ1) is 29.3. The number of nitrogens with zero attached hydrogens (tertiary/aromatic N) is 1. The fourth-order valence-electron chi connectivity index (χ4n) is 3.59. The van der Waals surface area contributed by atoms with Gasteiger partial charge >= 0.3 is 12.0 Å². The minimum atomic E-state index is -0.713. The van der Waals surface area contributed by atoms with Gasteiger partial charge in [-0.15, -0.1) is 11.3 Å². The number of carbonyl (C=O) groups excluding carboxylic acids is 3. The third-order valence-electron chi connectivity index (χ3n) is 5.42. The van der Waals surface area contributed by atoms with Crippen LogP contribution in [0, 0.1) is 6.92 Å². The van der Waals surface area contributed by atoms with E-state index in [0.717, 1.165) is 36.2 Å². The lowest BCUT2D eigenvalue weighted by Crippen LogP contribution is -2.30. The molecule has 0 unspecified atom stereocenters. The number of aromatic nitrogens is 1. The lowest BCUT2D eigenvalue weighted by Gasteiger charge is -2.20. The van der Waals surface area contributed by atoms with E-state index in [0.29, 0.717) is 35.0 Å². The summed E-state index contributed by atoms with van der Waals surface area (Å²) in [6, 6.07) is 3.39. The van der Waals surface area contributed by atoms with E-state index >= 15 is 0 Å². The number of unbranched alkanes of at least 4 members (excludes halogenated alkanes) is 5. The molecule has 36 heavy (non-hydrogen) atoms. The average Bonchev–Trinajstić information content (AvgIpc) is 3.13. The van der Waals surface area contributed by atoms with Gasteiger partial charge in [-0.2, -0.15) is 0 Å². The second kappa shape index (κ2) is 14.6. The fraction of sp³-hybridized carbons (Fsp3) is 0.556. The molecule has 2 rings (SSSR count). The summed E-state index contributed by atoms with van der Waals surface area (Å²) in [6.45, 7) is 10.2. The molecule has 0 saturated heterocycles. The molecule has 0 aliphatic rings. The van der Waals surface area contributed by atoms with Crippen LogP contribution in [0.1, 0.15) is 97.4 Å². The predicted molar refractivity (Wildman–Crippen MR) is 145 cm³/mol. The van der Waals surface area contributed by atoms with Crippen LogP contribution in [0.4, 0.5) is 9.80 Å². The zero-order chi connectivity index (χ0) is 26.6. The van der Waals surface area contributed by atoms with Crippen molar-refractivity contribution in [3.63, 3.8) is 0 Å². The van der Waals surface area contributed by atoms with Crippen LogP contribution in [-0.2, 0) is 11.2 Å². The van der Waals surface area contributed by atoms with Crippen molar-refractivity contribution in [3.8, 4) is 0 Å². The van der Waals surface area contributed by atoms with E-state index in [-0.39, 0.29) is 11.5 Å². The fourth-order valence-corrected chi connectivity index (χ4v) is 4.70. The standard InChI is InChI=1S/C27H40N4O4S/c1-6-7-8-9-10-11-16-30-26(34)31-24-21(25(33)35-27(3,4)5)19(2)22(36-24)23(32)29-17-14-20-13-12-15-28-18-20/h12-13,15,18H,6-11,14,16-17H2,1-5H3,(H,29,32)(H2,30,31,34). The number of pyridine rings is 1. The number of amides is 3. The lowest BCUT2D eigenvalue weighted by atomic mass is 10.1. The number of thiophene rings is 1. The first-order valence-electron chi connectivity index (χ1n) is 12.7. The summed E-state index contributed by atoms with van der Waals surface area (Å²) in [6.07, 6.45) is 10.9. The second-order valence-electron chi connectivity index (χ2n) is 9.78. The first-order valence-corrected chi connectivity index (χ1v) is 13.5. The molecule has 0 spiro atoms. The van der Waals surface area contributed by atoms with E-state index in [4.69, 9.17) is 4.74 Å². The molecule has 0 aliphatic heterocycles. The Balaban J connectivity index is 2.06. The van der Waals surface area contributed by atoms with E-state index in [1.807, 2.05) is 12.1 Å². The third-order valence-corrected chi connectivity index (χ3v) is 6.63. The van der Waals surface area contributed by atoms with E-state index in [2.05, 4.69) is 27.9 Å². The number of hydrogen-bond donors (Lipinski definition) is 3. The van der Waals surface area contributed by atoms with Crippen LogP contribution >= 0.6 is 11.3 Å². The van der Waals surface area contributed by atoms with E-state index in [1.165, 1.54) is 19.3 Å². The maximum absolute atomic E-state index is 13.0. The molecule has 0 bridgehead atoms. The molecular formula is C27H40N4O4S. The van der Waals surface area contributed by atoms with Crippen molar-refractivity contribution in [3.05, 3.63) is 46.1 Å². The Bertz CT molecular complexity index is 999. The molecule has 3 amide bonds. The second-order valence-corrected chi connectivity index (χ2v) is 10.8. The highest BCUT2D eigenvalue weighted by atomic mass is 32.1. The molecule has 0 atom stereocenters. The van der Waals surface area contributed by atoms with Crippen LogP contribution in [0.5, 0.6) is 0 Å². The smallest absolute Gasteiger partial charge is 0.341 e. The summed E-state index contributed by atoms with van der Waals surface area (Å²) in [4.78, 5) is 42.9. The van der Waals surface area contributed by atoms with Crippen LogP contribution in [0.15, 0.2) is 24.5 Å². The van der Waals surface area contributed by atoms with Gasteiger partial charge in [0, 0.05) is 25.5 Å². The van der Waals surface area contributed by atoms with Crippen LogP contribution < -0.4 is 16.0 Å². The zero-order valence-electron chi connectivity index (χ0n) is 22.2. The number of hydrogen-bond acceptors (Lipinski definition) is 6. The number of nitrogens with one attached hydrogen (secondary N) is 3. The molecule has 2 aromatic rings. The highest BCUT2D eigenvalue weighted by Crippen LogP contribution is 2.34. The van der Waals surface area contributed by atoms with Gasteiger partial charge in [-0.1, -0.05) is 45.1 Å². The summed E-state index contributed by atoms with van der Waals surface area (Å²) in [5.41, 5.74) is 0.996. The highest BCUT2D eigenvalue weighted by molar-refractivity contribution is 7.18. The molecule has 9 heteroatoms. The number of esters is 1. The number of ether oxygens (including phenoxy) is 1. The van der Waals surface area contributed by atoms with Crippen LogP contribution in [-0.4, -0.2) is 41.6 Å². The van der Waals surface area contributed by atoms with E-state index in [9.17, 15) is 14.4 Å². The number of anilines is 1. The Hall–Kier alpha value is -2.94. The van der Waals surface area contributed by atoms with Crippen LogP contribution in [0.25, 0.3) is 0 Å². The van der Waals surface area contributed by atoms with Gasteiger partial charge in [-0.05, 0) is 57.7 Å². The molecule has 8 nitrogen and oxygen atoms in total. The molecule has 2 heterocycles. The van der Waals surface area contributed by atoms with Gasteiger partial charge in [0.2, 0.25) is 0 Å². The van der Waals surface area contributed by atoms with Gasteiger partial charge in [0.25, 0.3) is 5.91 Å². The molecular weight excluding hydrogens is 476 g/mol. The largest absolute Gasteiger partial charge is 0.456 e. The maximum atomic E-state index is 13.0. The Morgan fingerprint density at radius 1 is 1.03 bits per heavy atom. The van der Waals surface area contributed by atoms with Gasteiger partial charge in [0.05, 0.1) is 10.4 Å². The summed E-state index contributed by atoms with van der Waals surface area (Å²) in [7, 11) is 0. The van der Waals surface area contributed by atoms with Crippen molar-refractivity contribution in [1.82, 2.24) is 15.6 Å². The minimum absolute atomic E-state index is 0.210. The van der Waals surface area contributed by atoms with Crippen molar-refractivity contribution in [2.24, 2.45) is 0 Å². The Kier molecular flexibility index (Phi) is 11.9. The van der Waals surface area contributed by atoms with Crippen molar-refractivity contribution >= 4 is 34.2 Å². The first-order chi connectivity index (χ1) is 17.1. The third kappa shape index (κ3) is 9.97. The Labute approximate surface area is 218 Å². The molecule has 0 aromatic carbocycles. The van der Waals surface area contributed by atoms with Crippen molar-refractivity contribution in [1.29, 1.82) is 0 Å². The lowest BCUT2D eigenvalue weighted by molar-refractivity contribution is 0.00705. The van der Waals surface area contributed by atoms with E-state index < -0.39 is 17.6 Å². The number of rotatable bonds is 13. The topological polar surface area (TPSA) is 109 Å². The van der Waals surface area contributed by atoms with Gasteiger partial charge < -0.3 is 15.4 Å². The van der Waals surface area contributed by atoms with Gasteiger partial charge in [0.15, 0.2) is 0 Å². The highest BCUT2D eigenvalue weighted by Gasteiger charge is 2.29. The zero-order valence-corrected chi connectivity index (χ0v) is 23.0. The van der Waals surface area contributed by atoms with Gasteiger partial charge in [-0.25, -0.2) is 9.59 Å². The molecule has 198 valence electrons. The SMILES string of the molecule is CCCCCCCCNC(=O)Nc1sc(C(=O)NCCc2cccnc2)c(C)c1C(=O)OC(C)(C)C.